The number of halogens is 2. The summed E-state index contributed by atoms with van der Waals surface area (Å²) in [6.45, 7) is 6.69. The Hall–Kier alpha value is -1.00. The van der Waals surface area contributed by atoms with Crippen LogP contribution >= 0.6 is 0 Å². The fraction of sp³-hybridized carbons (Fsp3) is 0.538. The molecule has 0 amide bonds. The normalized spacial score (nSPS) is 14.6. The third kappa shape index (κ3) is 3.48. The van der Waals surface area contributed by atoms with Gasteiger partial charge < -0.3 is 10.1 Å². The van der Waals surface area contributed by atoms with Crippen molar-refractivity contribution in [2.45, 2.75) is 32.9 Å². The zero-order valence-corrected chi connectivity index (χ0v) is 10.5. The molecule has 1 rings (SSSR count). The summed E-state index contributed by atoms with van der Waals surface area (Å²) >= 11 is 0. The first-order valence-electron chi connectivity index (χ1n) is 5.90. The molecule has 0 aliphatic heterocycles. The molecule has 0 aromatic heterocycles. The summed E-state index contributed by atoms with van der Waals surface area (Å²) in [5, 5.41) is 3.06. The van der Waals surface area contributed by atoms with Gasteiger partial charge >= 0.3 is 0 Å². The van der Waals surface area contributed by atoms with Gasteiger partial charge in [0.15, 0.2) is 0 Å². The van der Waals surface area contributed by atoms with Crippen LogP contribution in [0.15, 0.2) is 18.2 Å². The van der Waals surface area contributed by atoms with Crippen LogP contribution in [-0.4, -0.2) is 19.3 Å². The van der Waals surface area contributed by atoms with Gasteiger partial charge in [-0.3, -0.25) is 0 Å². The second-order valence-corrected chi connectivity index (χ2v) is 3.83. The van der Waals surface area contributed by atoms with Crippen LogP contribution in [0.2, 0.25) is 0 Å². The van der Waals surface area contributed by atoms with E-state index in [0.717, 1.165) is 0 Å². The number of rotatable bonds is 6. The van der Waals surface area contributed by atoms with Gasteiger partial charge in [-0.2, -0.15) is 0 Å². The molecule has 0 aliphatic rings. The van der Waals surface area contributed by atoms with E-state index in [4.69, 9.17) is 4.74 Å². The van der Waals surface area contributed by atoms with Crippen LogP contribution in [0, 0.1) is 11.6 Å². The summed E-state index contributed by atoms with van der Waals surface area (Å²) in [5.74, 6) is -1.08. The Morgan fingerprint density at radius 2 is 1.82 bits per heavy atom. The molecule has 0 radical (unpaired) electrons. The van der Waals surface area contributed by atoms with Gasteiger partial charge in [0.2, 0.25) is 0 Å². The predicted molar refractivity (Wildman–Crippen MR) is 63.9 cm³/mol. The molecule has 2 atom stereocenters. The summed E-state index contributed by atoms with van der Waals surface area (Å²) in [6.07, 6.45) is -0.286. The van der Waals surface area contributed by atoms with Gasteiger partial charge in [0.25, 0.3) is 0 Å². The van der Waals surface area contributed by atoms with E-state index in [-0.39, 0.29) is 11.7 Å². The number of likely N-dealkylation sites (N-methyl/N-ethyl adjacent to an activating group) is 1. The standard InChI is InChI=1S/C13H19F2NO/c1-4-16-13(9(3)17-5-2)12-10(14)7-6-8-11(12)15/h6-9,13,16H,4-5H2,1-3H3. The van der Waals surface area contributed by atoms with Crippen molar-refractivity contribution < 1.29 is 13.5 Å². The number of nitrogens with one attached hydrogen (secondary N) is 1. The Bertz CT molecular complexity index is 337. The first-order valence-corrected chi connectivity index (χ1v) is 5.90. The van der Waals surface area contributed by atoms with Crippen molar-refractivity contribution in [2.75, 3.05) is 13.2 Å². The second kappa shape index (κ2) is 6.67. The molecule has 17 heavy (non-hydrogen) atoms. The van der Waals surface area contributed by atoms with Crippen molar-refractivity contribution in [1.82, 2.24) is 5.32 Å². The van der Waals surface area contributed by atoms with Gasteiger partial charge in [0, 0.05) is 12.2 Å². The third-order valence-electron chi connectivity index (χ3n) is 2.63. The number of hydrogen-bond donors (Lipinski definition) is 1. The molecule has 4 heteroatoms. The van der Waals surface area contributed by atoms with Gasteiger partial charge in [0.1, 0.15) is 11.6 Å². The maximum absolute atomic E-state index is 13.7. The maximum Gasteiger partial charge on any atom is 0.131 e. The van der Waals surface area contributed by atoms with Gasteiger partial charge in [-0.15, -0.1) is 0 Å². The van der Waals surface area contributed by atoms with Crippen molar-refractivity contribution in [2.24, 2.45) is 0 Å². The minimum absolute atomic E-state index is 0.0512. The lowest BCUT2D eigenvalue weighted by molar-refractivity contribution is 0.0457. The summed E-state index contributed by atoms with van der Waals surface area (Å²) in [6, 6.07) is 3.42. The SMILES string of the molecule is CCNC(c1c(F)cccc1F)C(C)OCC. The summed E-state index contributed by atoms with van der Waals surface area (Å²) in [7, 11) is 0. The van der Waals surface area contributed by atoms with Crippen molar-refractivity contribution in [1.29, 1.82) is 0 Å². The fourth-order valence-corrected chi connectivity index (χ4v) is 1.89. The smallest absolute Gasteiger partial charge is 0.131 e. The van der Waals surface area contributed by atoms with Gasteiger partial charge in [-0.25, -0.2) is 8.78 Å². The van der Waals surface area contributed by atoms with Crippen molar-refractivity contribution in [3.05, 3.63) is 35.4 Å². The molecule has 1 aromatic rings. The monoisotopic (exact) mass is 243 g/mol. The lowest BCUT2D eigenvalue weighted by Crippen LogP contribution is -2.33. The Balaban J connectivity index is 3.04. The Labute approximate surface area is 101 Å². The van der Waals surface area contributed by atoms with Gasteiger partial charge in [-0.05, 0) is 32.5 Å². The van der Waals surface area contributed by atoms with Crippen LogP contribution in [0.3, 0.4) is 0 Å². The Morgan fingerprint density at radius 3 is 2.29 bits per heavy atom. The largest absolute Gasteiger partial charge is 0.377 e. The minimum atomic E-state index is -0.539. The van der Waals surface area contributed by atoms with Crippen LogP contribution in [0.5, 0.6) is 0 Å². The first kappa shape index (κ1) is 14.1. The zero-order valence-electron chi connectivity index (χ0n) is 10.5. The van der Waals surface area contributed by atoms with E-state index >= 15 is 0 Å². The van der Waals surface area contributed by atoms with E-state index in [1.54, 1.807) is 0 Å². The lowest BCUT2D eigenvalue weighted by atomic mass is 10.0. The average Bonchev–Trinajstić information content (AvgIpc) is 2.28. The first-order chi connectivity index (χ1) is 8.11. The van der Waals surface area contributed by atoms with Gasteiger partial charge in [-0.1, -0.05) is 13.0 Å². The number of ether oxygens (including phenoxy) is 1. The number of hydrogen-bond acceptors (Lipinski definition) is 2. The molecule has 2 unspecified atom stereocenters. The van der Waals surface area contributed by atoms with E-state index in [0.29, 0.717) is 13.2 Å². The van der Waals surface area contributed by atoms with Crippen LogP contribution in [0.1, 0.15) is 32.4 Å². The highest BCUT2D eigenvalue weighted by Gasteiger charge is 2.24. The average molecular weight is 243 g/mol. The number of benzene rings is 1. The fourth-order valence-electron chi connectivity index (χ4n) is 1.89. The highest BCUT2D eigenvalue weighted by Crippen LogP contribution is 2.24. The van der Waals surface area contributed by atoms with E-state index in [1.165, 1.54) is 18.2 Å². The topological polar surface area (TPSA) is 21.3 Å². The molecule has 0 fully saturated rings. The predicted octanol–water partition coefficient (Wildman–Crippen LogP) is 3.04. The molecule has 0 saturated heterocycles. The van der Waals surface area contributed by atoms with Crippen molar-refractivity contribution >= 4 is 0 Å². The maximum atomic E-state index is 13.7. The van der Waals surface area contributed by atoms with E-state index in [1.807, 2.05) is 20.8 Å². The lowest BCUT2D eigenvalue weighted by Gasteiger charge is -2.25. The van der Waals surface area contributed by atoms with Crippen LogP contribution in [0.4, 0.5) is 8.78 Å². The molecule has 0 aliphatic carbocycles. The molecular formula is C13H19F2NO. The quantitative estimate of drug-likeness (QED) is 0.829. The minimum Gasteiger partial charge on any atom is -0.377 e. The van der Waals surface area contributed by atoms with E-state index < -0.39 is 17.7 Å². The van der Waals surface area contributed by atoms with E-state index in [9.17, 15) is 8.78 Å². The van der Waals surface area contributed by atoms with Crippen LogP contribution in [0.25, 0.3) is 0 Å². The van der Waals surface area contributed by atoms with E-state index in [2.05, 4.69) is 5.32 Å². The molecule has 1 aromatic carbocycles. The summed E-state index contributed by atoms with van der Waals surface area (Å²) in [5.41, 5.74) is 0.0512. The highest BCUT2D eigenvalue weighted by molar-refractivity contribution is 5.24. The Morgan fingerprint density at radius 1 is 1.24 bits per heavy atom. The Kier molecular flexibility index (Phi) is 5.51. The van der Waals surface area contributed by atoms with Gasteiger partial charge in [0.05, 0.1) is 12.1 Å². The molecule has 0 saturated carbocycles. The molecule has 0 bridgehead atoms. The summed E-state index contributed by atoms with van der Waals surface area (Å²) < 4.78 is 32.8. The van der Waals surface area contributed by atoms with Crippen molar-refractivity contribution in [3.63, 3.8) is 0 Å². The van der Waals surface area contributed by atoms with Crippen LogP contribution < -0.4 is 5.32 Å². The van der Waals surface area contributed by atoms with Crippen LogP contribution in [-0.2, 0) is 4.74 Å². The van der Waals surface area contributed by atoms with Crippen molar-refractivity contribution in [3.8, 4) is 0 Å². The second-order valence-electron chi connectivity index (χ2n) is 3.83. The molecular weight excluding hydrogens is 224 g/mol. The third-order valence-corrected chi connectivity index (χ3v) is 2.63. The molecule has 0 spiro atoms. The molecule has 1 N–H and O–H groups in total. The molecule has 2 nitrogen and oxygen atoms in total. The highest BCUT2D eigenvalue weighted by atomic mass is 19.1. The molecule has 96 valence electrons. The zero-order chi connectivity index (χ0) is 12.8. The molecule has 0 heterocycles. The summed E-state index contributed by atoms with van der Waals surface area (Å²) in [4.78, 5) is 0.